The number of hydrogen-bond acceptors (Lipinski definition) is 6. The first kappa shape index (κ1) is 18.9. The van der Waals surface area contributed by atoms with Crippen molar-refractivity contribution in [2.45, 2.75) is 26.8 Å². The number of aromatic nitrogens is 4. The van der Waals surface area contributed by atoms with Gasteiger partial charge in [-0.1, -0.05) is 24.6 Å². The zero-order valence-electron chi connectivity index (χ0n) is 17.8. The Morgan fingerprint density at radius 1 is 1.03 bits per heavy atom. The number of likely N-dealkylation sites (N-methyl/N-ethyl adjacent to an activating group) is 1. The van der Waals surface area contributed by atoms with Crippen LogP contribution in [0.15, 0.2) is 47.6 Å². The third kappa shape index (κ3) is 3.19. The van der Waals surface area contributed by atoms with Crippen LogP contribution >= 0.6 is 0 Å². The number of fused-ring (bicyclic) bond motifs is 3. The van der Waals surface area contributed by atoms with Crippen molar-refractivity contribution in [3.63, 3.8) is 0 Å². The van der Waals surface area contributed by atoms with Gasteiger partial charge in [0.2, 0.25) is 5.95 Å². The second-order valence-electron chi connectivity index (χ2n) is 8.00. The number of nitrogens with zero attached hydrogens (tertiary/aromatic N) is 7. The molecule has 5 rings (SSSR count). The predicted octanol–water partition coefficient (Wildman–Crippen LogP) is 3.02. The molecule has 30 heavy (non-hydrogen) atoms. The maximum absolute atomic E-state index is 5.06. The molecule has 2 aliphatic heterocycles. The number of rotatable bonds is 3. The fourth-order valence-corrected chi connectivity index (χ4v) is 4.32. The molecule has 7 nitrogen and oxygen atoms in total. The van der Waals surface area contributed by atoms with Crippen molar-refractivity contribution >= 4 is 11.7 Å². The van der Waals surface area contributed by atoms with Gasteiger partial charge in [0.15, 0.2) is 5.82 Å². The van der Waals surface area contributed by atoms with Crippen LogP contribution in [0.4, 0.5) is 5.95 Å². The number of anilines is 1. The van der Waals surface area contributed by atoms with Crippen LogP contribution in [0.5, 0.6) is 0 Å². The average Bonchev–Trinajstić information content (AvgIpc) is 3.18. The van der Waals surface area contributed by atoms with Crippen molar-refractivity contribution in [1.82, 2.24) is 24.6 Å². The Kier molecular flexibility index (Phi) is 4.83. The first-order valence-electron chi connectivity index (χ1n) is 10.7. The van der Waals surface area contributed by atoms with Gasteiger partial charge in [0.05, 0.1) is 17.1 Å². The molecule has 1 fully saturated rings. The SMILES string of the molecule is CCN1CCN(c2nnc3n2-c2ccc(C)cc2C(c2ccccn2)=NC3C)CC1. The molecule has 1 saturated heterocycles. The van der Waals surface area contributed by atoms with Crippen LogP contribution < -0.4 is 4.90 Å². The van der Waals surface area contributed by atoms with Gasteiger partial charge < -0.3 is 9.80 Å². The lowest BCUT2D eigenvalue weighted by atomic mass is 10.0. The van der Waals surface area contributed by atoms with Crippen molar-refractivity contribution in [1.29, 1.82) is 0 Å². The molecule has 0 amide bonds. The largest absolute Gasteiger partial charge is 0.338 e. The van der Waals surface area contributed by atoms with Gasteiger partial charge in [-0.25, -0.2) is 0 Å². The maximum atomic E-state index is 5.06. The van der Waals surface area contributed by atoms with Gasteiger partial charge in [-0.15, -0.1) is 10.2 Å². The summed E-state index contributed by atoms with van der Waals surface area (Å²) >= 11 is 0. The second-order valence-corrected chi connectivity index (χ2v) is 8.00. The normalized spacial score (nSPS) is 19.1. The van der Waals surface area contributed by atoms with E-state index in [4.69, 9.17) is 4.99 Å². The van der Waals surface area contributed by atoms with Gasteiger partial charge in [-0.3, -0.25) is 14.5 Å². The van der Waals surface area contributed by atoms with Gasteiger partial charge in [-0.05, 0) is 44.7 Å². The number of pyridine rings is 1. The average molecular weight is 402 g/mol. The topological polar surface area (TPSA) is 62.4 Å². The molecule has 1 atom stereocenters. The van der Waals surface area contributed by atoms with Crippen molar-refractivity contribution in [3.8, 4) is 5.69 Å². The first-order chi connectivity index (χ1) is 14.7. The smallest absolute Gasteiger partial charge is 0.232 e. The lowest BCUT2D eigenvalue weighted by Crippen LogP contribution is -2.47. The summed E-state index contributed by atoms with van der Waals surface area (Å²) in [5.74, 6) is 1.79. The number of aryl methyl sites for hydroxylation is 1. The summed E-state index contributed by atoms with van der Waals surface area (Å²) in [4.78, 5) is 14.5. The Morgan fingerprint density at radius 2 is 1.87 bits per heavy atom. The van der Waals surface area contributed by atoms with E-state index in [-0.39, 0.29) is 6.04 Å². The van der Waals surface area contributed by atoms with Gasteiger partial charge >= 0.3 is 0 Å². The first-order valence-corrected chi connectivity index (χ1v) is 10.7. The van der Waals surface area contributed by atoms with Gasteiger partial charge in [0.1, 0.15) is 6.04 Å². The summed E-state index contributed by atoms with van der Waals surface area (Å²) in [6.07, 6.45) is 1.82. The van der Waals surface area contributed by atoms with E-state index in [0.29, 0.717) is 0 Å². The van der Waals surface area contributed by atoms with Crippen LogP contribution in [0.3, 0.4) is 0 Å². The minimum atomic E-state index is -0.118. The monoisotopic (exact) mass is 401 g/mol. The fourth-order valence-electron chi connectivity index (χ4n) is 4.32. The highest BCUT2D eigenvalue weighted by Gasteiger charge is 2.30. The highest BCUT2D eigenvalue weighted by atomic mass is 15.4. The Balaban J connectivity index is 1.65. The molecule has 0 N–H and O–H groups in total. The molecule has 2 aliphatic rings. The summed E-state index contributed by atoms with van der Waals surface area (Å²) in [7, 11) is 0. The molecule has 2 aromatic heterocycles. The predicted molar refractivity (Wildman–Crippen MR) is 119 cm³/mol. The third-order valence-corrected chi connectivity index (χ3v) is 6.03. The number of hydrogen-bond donors (Lipinski definition) is 0. The quantitative estimate of drug-likeness (QED) is 0.675. The minimum Gasteiger partial charge on any atom is -0.338 e. The molecule has 0 spiro atoms. The van der Waals surface area contributed by atoms with Crippen molar-refractivity contribution in [2.24, 2.45) is 4.99 Å². The molecular formula is C23H27N7. The zero-order chi connectivity index (χ0) is 20.7. The third-order valence-electron chi connectivity index (χ3n) is 6.03. The van der Waals surface area contributed by atoms with Crippen LogP contribution in [0.25, 0.3) is 5.69 Å². The fraction of sp³-hybridized carbons (Fsp3) is 0.391. The molecule has 3 aromatic rings. The van der Waals surface area contributed by atoms with E-state index in [9.17, 15) is 0 Å². The lowest BCUT2D eigenvalue weighted by molar-refractivity contribution is 0.269. The van der Waals surface area contributed by atoms with Crippen molar-refractivity contribution < 1.29 is 0 Å². The van der Waals surface area contributed by atoms with E-state index in [1.54, 1.807) is 0 Å². The van der Waals surface area contributed by atoms with Crippen LogP contribution in [0, 0.1) is 6.92 Å². The molecule has 1 aromatic carbocycles. The Bertz CT molecular complexity index is 1080. The van der Waals surface area contributed by atoms with E-state index in [0.717, 1.165) is 67.2 Å². The molecule has 0 radical (unpaired) electrons. The van der Waals surface area contributed by atoms with E-state index in [2.05, 4.69) is 68.5 Å². The zero-order valence-corrected chi connectivity index (χ0v) is 17.8. The van der Waals surface area contributed by atoms with E-state index >= 15 is 0 Å². The highest BCUT2D eigenvalue weighted by molar-refractivity contribution is 6.14. The molecule has 0 saturated carbocycles. The number of benzene rings is 1. The Labute approximate surface area is 177 Å². The van der Waals surface area contributed by atoms with Gasteiger partial charge in [0.25, 0.3) is 0 Å². The Morgan fingerprint density at radius 3 is 2.60 bits per heavy atom. The van der Waals surface area contributed by atoms with E-state index in [1.165, 1.54) is 5.56 Å². The highest BCUT2D eigenvalue weighted by Crippen LogP contribution is 2.33. The van der Waals surface area contributed by atoms with Crippen molar-refractivity contribution in [2.75, 3.05) is 37.6 Å². The molecule has 7 heteroatoms. The van der Waals surface area contributed by atoms with Crippen LogP contribution in [0.2, 0.25) is 0 Å². The minimum absolute atomic E-state index is 0.118. The lowest BCUT2D eigenvalue weighted by Gasteiger charge is -2.34. The van der Waals surface area contributed by atoms with Gasteiger partial charge in [-0.2, -0.15) is 0 Å². The van der Waals surface area contributed by atoms with Crippen LogP contribution in [-0.4, -0.2) is 63.1 Å². The summed E-state index contributed by atoms with van der Waals surface area (Å²) in [6, 6.07) is 12.4. The summed E-state index contributed by atoms with van der Waals surface area (Å²) in [6.45, 7) is 11.5. The molecule has 0 aliphatic carbocycles. The summed E-state index contributed by atoms with van der Waals surface area (Å²) in [5.41, 5.74) is 5.14. The van der Waals surface area contributed by atoms with Crippen LogP contribution in [-0.2, 0) is 0 Å². The molecule has 1 unspecified atom stereocenters. The molecular weight excluding hydrogens is 374 g/mol. The van der Waals surface area contributed by atoms with Gasteiger partial charge in [0, 0.05) is 37.9 Å². The maximum Gasteiger partial charge on any atom is 0.232 e. The second kappa shape index (κ2) is 7.65. The van der Waals surface area contributed by atoms with E-state index < -0.39 is 0 Å². The molecule has 154 valence electrons. The van der Waals surface area contributed by atoms with E-state index in [1.807, 2.05) is 24.4 Å². The van der Waals surface area contributed by atoms with Crippen molar-refractivity contribution in [3.05, 3.63) is 65.2 Å². The van der Waals surface area contributed by atoms with Crippen LogP contribution in [0.1, 0.15) is 42.5 Å². The summed E-state index contributed by atoms with van der Waals surface area (Å²) in [5, 5.41) is 9.21. The summed E-state index contributed by atoms with van der Waals surface area (Å²) < 4.78 is 2.21. The molecule has 4 heterocycles. The number of piperazine rings is 1. The standard InChI is InChI=1S/C23H27N7/c1-4-28-11-13-29(14-12-28)23-27-26-22-17(3)25-21(19-7-5-6-10-24-19)18-15-16(2)8-9-20(18)30(22)23/h5-10,15,17H,4,11-14H2,1-3H3. The Hall–Kier alpha value is -3.06. The number of aliphatic imine (C=N–C) groups is 1. The molecule has 0 bridgehead atoms.